The molecule has 0 atom stereocenters. The van der Waals surface area contributed by atoms with Crippen LogP contribution in [-0.2, 0) is 6.54 Å². The number of benzene rings is 1. The van der Waals surface area contributed by atoms with Gasteiger partial charge in [-0.1, -0.05) is 34.5 Å². The second kappa shape index (κ2) is 5.56. The average Bonchev–Trinajstić information content (AvgIpc) is 2.25. The Kier molecular flexibility index (Phi) is 4.34. The van der Waals surface area contributed by atoms with E-state index in [4.69, 9.17) is 0 Å². The third-order valence-electron chi connectivity index (χ3n) is 3.39. The van der Waals surface area contributed by atoms with Gasteiger partial charge in [-0.25, -0.2) is 0 Å². The average molecular weight is 300 g/mol. The zero-order chi connectivity index (χ0) is 11.4. The molecule has 88 valence electrons. The Morgan fingerprint density at radius 1 is 1.31 bits per heavy atom. The van der Waals surface area contributed by atoms with Crippen LogP contribution in [0.1, 0.15) is 24.8 Å². The van der Waals surface area contributed by atoms with Crippen molar-refractivity contribution in [1.29, 1.82) is 0 Å². The van der Waals surface area contributed by atoms with E-state index in [1.807, 2.05) is 11.8 Å². The summed E-state index contributed by atoms with van der Waals surface area (Å²) < 4.78 is 1.69. The highest BCUT2D eigenvalue weighted by molar-refractivity contribution is 9.10. The van der Waals surface area contributed by atoms with Crippen LogP contribution in [0.2, 0.25) is 0 Å². The van der Waals surface area contributed by atoms with E-state index in [0.29, 0.717) is 4.75 Å². The number of hydrogen-bond acceptors (Lipinski definition) is 2. The number of halogens is 1. The Morgan fingerprint density at radius 2 is 2.00 bits per heavy atom. The summed E-state index contributed by atoms with van der Waals surface area (Å²) in [5.74, 6) is 0. The van der Waals surface area contributed by atoms with E-state index in [9.17, 15) is 0 Å². The lowest BCUT2D eigenvalue weighted by Gasteiger charge is -2.40. The van der Waals surface area contributed by atoms with Crippen molar-refractivity contribution in [3.05, 3.63) is 34.3 Å². The minimum absolute atomic E-state index is 0.537. The Labute approximate surface area is 111 Å². The molecule has 0 spiro atoms. The van der Waals surface area contributed by atoms with Crippen molar-refractivity contribution in [1.82, 2.24) is 5.32 Å². The molecular weight excluding hydrogens is 282 g/mol. The maximum absolute atomic E-state index is 3.58. The van der Waals surface area contributed by atoms with Crippen LogP contribution in [0.3, 0.4) is 0 Å². The van der Waals surface area contributed by atoms with Gasteiger partial charge in [-0.3, -0.25) is 0 Å². The van der Waals surface area contributed by atoms with Crippen LogP contribution in [-0.4, -0.2) is 17.5 Å². The molecule has 1 aliphatic carbocycles. The molecule has 0 aliphatic heterocycles. The minimum atomic E-state index is 0.537. The molecule has 1 nitrogen and oxygen atoms in total. The molecule has 1 aliphatic rings. The van der Waals surface area contributed by atoms with Crippen LogP contribution in [0.25, 0.3) is 0 Å². The summed E-state index contributed by atoms with van der Waals surface area (Å²) in [6.07, 6.45) is 6.39. The third-order valence-corrected chi connectivity index (χ3v) is 5.33. The molecule has 2 rings (SSSR count). The molecule has 0 aromatic heterocycles. The van der Waals surface area contributed by atoms with E-state index in [1.54, 1.807) is 0 Å². The first-order valence-corrected chi connectivity index (χ1v) is 7.76. The fraction of sp³-hybridized carbons (Fsp3) is 0.538. The molecule has 3 heteroatoms. The predicted molar refractivity (Wildman–Crippen MR) is 75.9 cm³/mol. The van der Waals surface area contributed by atoms with Crippen molar-refractivity contribution in [2.24, 2.45) is 0 Å². The molecule has 1 N–H and O–H groups in total. The Morgan fingerprint density at radius 3 is 2.50 bits per heavy atom. The van der Waals surface area contributed by atoms with Crippen LogP contribution in [0.15, 0.2) is 28.7 Å². The maximum atomic E-state index is 3.58. The molecule has 16 heavy (non-hydrogen) atoms. The highest BCUT2D eigenvalue weighted by Gasteiger charge is 2.35. The quantitative estimate of drug-likeness (QED) is 0.887. The Balaban J connectivity index is 1.77. The van der Waals surface area contributed by atoms with E-state index in [0.717, 1.165) is 17.6 Å². The van der Waals surface area contributed by atoms with Gasteiger partial charge in [-0.2, -0.15) is 11.8 Å². The van der Waals surface area contributed by atoms with Crippen molar-refractivity contribution >= 4 is 27.7 Å². The second-order valence-electron chi connectivity index (χ2n) is 4.47. The van der Waals surface area contributed by atoms with Gasteiger partial charge in [-0.15, -0.1) is 0 Å². The molecule has 0 bridgehead atoms. The molecule has 1 aromatic carbocycles. The van der Waals surface area contributed by atoms with E-state index < -0.39 is 0 Å². The summed E-state index contributed by atoms with van der Waals surface area (Å²) >= 11 is 5.48. The molecule has 0 saturated heterocycles. The lowest BCUT2D eigenvalue weighted by molar-refractivity contribution is 0.345. The lowest BCUT2D eigenvalue weighted by Crippen LogP contribution is -2.43. The van der Waals surface area contributed by atoms with Crippen molar-refractivity contribution in [2.75, 3.05) is 12.8 Å². The summed E-state index contributed by atoms with van der Waals surface area (Å²) in [5, 5.41) is 3.58. The van der Waals surface area contributed by atoms with Crippen LogP contribution < -0.4 is 5.32 Å². The van der Waals surface area contributed by atoms with Crippen molar-refractivity contribution in [3.8, 4) is 0 Å². The summed E-state index contributed by atoms with van der Waals surface area (Å²) in [6, 6.07) is 8.54. The second-order valence-corrected chi connectivity index (χ2v) is 6.66. The van der Waals surface area contributed by atoms with Gasteiger partial charge < -0.3 is 5.32 Å². The topological polar surface area (TPSA) is 12.0 Å². The molecular formula is C13H18BrNS. The fourth-order valence-corrected chi connectivity index (χ4v) is 3.27. The minimum Gasteiger partial charge on any atom is -0.311 e. The van der Waals surface area contributed by atoms with E-state index >= 15 is 0 Å². The summed E-state index contributed by atoms with van der Waals surface area (Å²) in [4.78, 5) is 0. The number of thioether (sulfide) groups is 1. The largest absolute Gasteiger partial charge is 0.311 e. The normalized spacial score (nSPS) is 18.1. The maximum Gasteiger partial charge on any atom is 0.0281 e. The van der Waals surface area contributed by atoms with Crippen molar-refractivity contribution < 1.29 is 0 Å². The molecule has 1 fully saturated rings. The van der Waals surface area contributed by atoms with Gasteiger partial charge in [0.25, 0.3) is 0 Å². The third kappa shape index (κ3) is 3.02. The summed E-state index contributed by atoms with van der Waals surface area (Å²) in [5.41, 5.74) is 1.36. The molecule has 0 radical (unpaired) electrons. The zero-order valence-corrected chi connectivity index (χ0v) is 12.0. The highest BCUT2D eigenvalue weighted by Crippen LogP contribution is 2.42. The molecule has 1 aromatic rings. The molecule has 0 amide bonds. The fourth-order valence-electron chi connectivity index (χ4n) is 2.06. The lowest BCUT2D eigenvalue weighted by atomic mass is 9.84. The monoisotopic (exact) mass is 299 g/mol. The summed E-state index contributed by atoms with van der Waals surface area (Å²) in [7, 11) is 0. The van der Waals surface area contributed by atoms with Crippen molar-refractivity contribution in [2.45, 2.75) is 30.6 Å². The Hall–Kier alpha value is 0.01000. The van der Waals surface area contributed by atoms with Gasteiger partial charge >= 0.3 is 0 Å². The summed E-state index contributed by atoms with van der Waals surface area (Å²) in [6.45, 7) is 2.12. The molecule has 1 saturated carbocycles. The van der Waals surface area contributed by atoms with Gasteiger partial charge in [0.05, 0.1) is 0 Å². The number of rotatable bonds is 5. The smallest absolute Gasteiger partial charge is 0.0281 e. The van der Waals surface area contributed by atoms with Crippen LogP contribution in [0.4, 0.5) is 0 Å². The van der Waals surface area contributed by atoms with Crippen LogP contribution in [0, 0.1) is 0 Å². The number of nitrogens with one attached hydrogen (secondary N) is 1. The van der Waals surface area contributed by atoms with E-state index in [2.05, 4.69) is 51.8 Å². The van der Waals surface area contributed by atoms with Crippen LogP contribution in [0.5, 0.6) is 0 Å². The van der Waals surface area contributed by atoms with E-state index in [1.165, 1.54) is 24.8 Å². The van der Waals surface area contributed by atoms with Gasteiger partial charge in [0, 0.05) is 22.3 Å². The van der Waals surface area contributed by atoms with Crippen molar-refractivity contribution in [3.63, 3.8) is 0 Å². The van der Waals surface area contributed by atoms with Crippen LogP contribution >= 0.6 is 27.7 Å². The Bertz CT molecular complexity index is 327. The molecule has 0 unspecified atom stereocenters. The SMILES string of the molecule is CSC1(CNCc2ccc(Br)cc2)CCC1. The number of hydrogen-bond donors (Lipinski definition) is 1. The first-order chi connectivity index (χ1) is 7.74. The highest BCUT2D eigenvalue weighted by atomic mass is 79.9. The van der Waals surface area contributed by atoms with Gasteiger partial charge in [-0.05, 0) is 36.8 Å². The van der Waals surface area contributed by atoms with E-state index in [-0.39, 0.29) is 0 Å². The van der Waals surface area contributed by atoms with Gasteiger partial charge in [0.15, 0.2) is 0 Å². The van der Waals surface area contributed by atoms with Gasteiger partial charge in [0.1, 0.15) is 0 Å². The van der Waals surface area contributed by atoms with Gasteiger partial charge in [0.2, 0.25) is 0 Å². The standard InChI is InChI=1S/C13H18BrNS/c1-16-13(7-2-8-13)10-15-9-11-3-5-12(14)6-4-11/h3-6,15H,2,7-10H2,1H3. The predicted octanol–water partition coefficient (Wildman–Crippen LogP) is 3.82. The first-order valence-electron chi connectivity index (χ1n) is 5.74. The first kappa shape index (κ1) is 12.5. The molecule has 0 heterocycles. The zero-order valence-electron chi connectivity index (χ0n) is 9.63.